The number of hydrogen-bond donors (Lipinski definition) is 3. The molecule has 0 radical (unpaired) electrons. The second kappa shape index (κ2) is 5.62. The first-order valence-corrected chi connectivity index (χ1v) is 6.48. The van der Waals surface area contributed by atoms with Gasteiger partial charge in [0.25, 0.3) is 0 Å². The van der Waals surface area contributed by atoms with Gasteiger partial charge in [-0.15, -0.1) is 11.3 Å². The van der Waals surface area contributed by atoms with Gasteiger partial charge < -0.3 is 20.7 Å². The third kappa shape index (κ3) is 2.62. The smallest absolute Gasteiger partial charge is 0.131 e. The third-order valence-corrected chi connectivity index (χ3v) is 3.78. The number of nitrogens with two attached hydrogens (primary N) is 1. The van der Waals surface area contributed by atoms with E-state index in [1.807, 2.05) is 18.2 Å². The zero-order valence-corrected chi connectivity index (χ0v) is 10.9. The summed E-state index contributed by atoms with van der Waals surface area (Å²) >= 11 is 1.35. The molecule has 1 aromatic heterocycles. The summed E-state index contributed by atoms with van der Waals surface area (Å²) in [5, 5.41) is 20.2. The number of ether oxygens (including phenoxy) is 1. The molecule has 2 aromatic rings. The first kappa shape index (κ1) is 13.2. The van der Waals surface area contributed by atoms with Crippen LogP contribution in [0, 0.1) is 0 Å². The Morgan fingerprint density at radius 2 is 2.22 bits per heavy atom. The molecule has 1 aromatic carbocycles. The second-order valence-electron chi connectivity index (χ2n) is 3.98. The van der Waals surface area contributed by atoms with Crippen LogP contribution in [0.15, 0.2) is 18.2 Å². The lowest BCUT2D eigenvalue weighted by molar-refractivity contribution is 0.0150. The minimum absolute atomic E-state index is 0.330. The number of fused-ring (bicyclic) bond motifs is 1. The minimum atomic E-state index is -0.989. The predicted molar refractivity (Wildman–Crippen MR) is 70.8 cm³/mol. The molecular formula is C12H16N2O3S. The fourth-order valence-electron chi connectivity index (χ4n) is 1.67. The van der Waals surface area contributed by atoms with Crippen LogP contribution in [-0.2, 0) is 0 Å². The molecule has 2 unspecified atom stereocenters. The molecule has 18 heavy (non-hydrogen) atoms. The molecule has 2 atom stereocenters. The van der Waals surface area contributed by atoms with Crippen LogP contribution in [0.1, 0.15) is 17.5 Å². The summed E-state index contributed by atoms with van der Waals surface area (Å²) in [5.74, 6) is 0.745. The van der Waals surface area contributed by atoms with Crippen molar-refractivity contribution in [1.29, 1.82) is 0 Å². The number of hydrogen-bond acceptors (Lipinski definition) is 6. The lowest BCUT2D eigenvalue weighted by Crippen LogP contribution is -2.21. The number of aliphatic hydroxyl groups excluding tert-OH is 2. The Labute approximate surface area is 109 Å². The van der Waals surface area contributed by atoms with E-state index in [2.05, 4.69) is 4.98 Å². The van der Waals surface area contributed by atoms with Gasteiger partial charge in [0.2, 0.25) is 0 Å². The second-order valence-corrected chi connectivity index (χ2v) is 5.04. The molecule has 5 nitrogen and oxygen atoms in total. The number of methoxy groups -OCH3 is 1. The highest BCUT2D eigenvalue weighted by atomic mass is 32.1. The van der Waals surface area contributed by atoms with Gasteiger partial charge in [-0.3, -0.25) is 0 Å². The number of thiazole rings is 1. The van der Waals surface area contributed by atoms with Gasteiger partial charge in [0.15, 0.2) is 0 Å². The molecule has 1 heterocycles. The maximum Gasteiger partial charge on any atom is 0.131 e. The van der Waals surface area contributed by atoms with Gasteiger partial charge in [-0.05, 0) is 31.2 Å². The van der Waals surface area contributed by atoms with Crippen molar-refractivity contribution >= 4 is 21.6 Å². The summed E-state index contributed by atoms with van der Waals surface area (Å²) in [6.07, 6.45) is -1.52. The number of nitrogens with zero attached hydrogens (tertiary/aromatic N) is 1. The van der Waals surface area contributed by atoms with Crippen LogP contribution in [0.3, 0.4) is 0 Å². The SMILES string of the molecule is COc1ccc2nc(C(O)C(O)CCN)sc2c1. The van der Waals surface area contributed by atoms with Crippen LogP contribution >= 0.6 is 11.3 Å². The number of aromatic nitrogens is 1. The monoisotopic (exact) mass is 268 g/mol. The van der Waals surface area contributed by atoms with Crippen LogP contribution in [0.25, 0.3) is 10.2 Å². The highest BCUT2D eigenvalue weighted by molar-refractivity contribution is 7.18. The number of aliphatic hydroxyl groups is 2. The lowest BCUT2D eigenvalue weighted by atomic mass is 10.1. The predicted octanol–water partition coefficient (Wildman–Crippen LogP) is 1.05. The van der Waals surface area contributed by atoms with Crippen LogP contribution in [0.2, 0.25) is 0 Å². The van der Waals surface area contributed by atoms with Crippen LogP contribution < -0.4 is 10.5 Å². The van der Waals surface area contributed by atoms with Crippen molar-refractivity contribution < 1.29 is 14.9 Å². The highest BCUT2D eigenvalue weighted by Gasteiger charge is 2.21. The van der Waals surface area contributed by atoms with Gasteiger partial charge in [-0.25, -0.2) is 4.98 Å². The molecule has 0 fully saturated rings. The summed E-state index contributed by atoms with van der Waals surface area (Å²) in [6, 6.07) is 5.50. The molecule has 0 amide bonds. The summed E-state index contributed by atoms with van der Waals surface area (Å²) in [5.41, 5.74) is 6.14. The minimum Gasteiger partial charge on any atom is -0.497 e. The van der Waals surface area contributed by atoms with Crippen LogP contribution in [-0.4, -0.2) is 35.0 Å². The Bertz CT molecular complexity index is 529. The largest absolute Gasteiger partial charge is 0.497 e. The molecule has 0 spiro atoms. The number of benzene rings is 1. The molecule has 0 aliphatic heterocycles. The van der Waals surface area contributed by atoms with Gasteiger partial charge in [0.05, 0.1) is 23.4 Å². The average Bonchev–Trinajstić information content (AvgIpc) is 2.80. The Morgan fingerprint density at radius 1 is 1.44 bits per heavy atom. The zero-order valence-electron chi connectivity index (χ0n) is 10.0. The average molecular weight is 268 g/mol. The maximum absolute atomic E-state index is 9.96. The van der Waals surface area contributed by atoms with Crippen molar-refractivity contribution in [3.05, 3.63) is 23.2 Å². The summed E-state index contributed by atoms with van der Waals surface area (Å²) in [6.45, 7) is 0.330. The molecule has 4 N–H and O–H groups in total. The van der Waals surface area contributed by atoms with E-state index >= 15 is 0 Å². The molecular weight excluding hydrogens is 252 g/mol. The molecule has 6 heteroatoms. The van der Waals surface area contributed by atoms with Crippen molar-refractivity contribution in [2.75, 3.05) is 13.7 Å². The number of rotatable bonds is 5. The Morgan fingerprint density at radius 3 is 2.89 bits per heavy atom. The van der Waals surface area contributed by atoms with E-state index in [1.54, 1.807) is 7.11 Å². The molecule has 0 saturated heterocycles. The van der Waals surface area contributed by atoms with E-state index in [9.17, 15) is 10.2 Å². The van der Waals surface area contributed by atoms with E-state index in [0.717, 1.165) is 16.0 Å². The fourth-order valence-corrected chi connectivity index (χ4v) is 2.71. The quantitative estimate of drug-likeness (QED) is 0.754. The first-order valence-electron chi connectivity index (χ1n) is 5.66. The van der Waals surface area contributed by atoms with Crippen LogP contribution in [0.5, 0.6) is 5.75 Å². The van der Waals surface area contributed by atoms with E-state index in [1.165, 1.54) is 11.3 Å². The van der Waals surface area contributed by atoms with Gasteiger partial charge in [0, 0.05) is 0 Å². The molecule has 0 bridgehead atoms. The van der Waals surface area contributed by atoms with Gasteiger partial charge in [-0.2, -0.15) is 0 Å². The zero-order chi connectivity index (χ0) is 13.1. The van der Waals surface area contributed by atoms with Gasteiger partial charge in [-0.1, -0.05) is 0 Å². The first-order chi connectivity index (χ1) is 8.65. The van der Waals surface area contributed by atoms with E-state index < -0.39 is 12.2 Å². The summed E-state index contributed by atoms with van der Waals surface area (Å²) < 4.78 is 6.05. The lowest BCUT2D eigenvalue weighted by Gasteiger charge is -2.13. The van der Waals surface area contributed by atoms with Crippen molar-refractivity contribution in [3.63, 3.8) is 0 Å². The standard InChI is InChI=1S/C12H16N2O3S/c1-17-7-2-3-8-10(6-7)18-12(14-8)11(16)9(15)4-5-13/h2-3,6,9,11,15-16H,4-5,13H2,1H3. The third-order valence-electron chi connectivity index (χ3n) is 2.69. The normalized spacial score (nSPS) is 14.7. The van der Waals surface area contributed by atoms with Gasteiger partial charge >= 0.3 is 0 Å². The Kier molecular flexibility index (Phi) is 4.13. The Hall–Kier alpha value is -1.21. The molecule has 0 saturated carbocycles. The highest BCUT2D eigenvalue weighted by Crippen LogP contribution is 2.31. The van der Waals surface area contributed by atoms with E-state index in [4.69, 9.17) is 10.5 Å². The molecule has 0 aliphatic rings. The molecule has 2 rings (SSSR count). The maximum atomic E-state index is 9.96. The van der Waals surface area contributed by atoms with Crippen molar-refractivity contribution in [2.24, 2.45) is 5.73 Å². The van der Waals surface area contributed by atoms with Crippen LogP contribution in [0.4, 0.5) is 0 Å². The molecule has 98 valence electrons. The van der Waals surface area contributed by atoms with Gasteiger partial charge in [0.1, 0.15) is 16.9 Å². The fraction of sp³-hybridized carbons (Fsp3) is 0.417. The Balaban J connectivity index is 2.29. The summed E-state index contributed by atoms with van der Waals surface area (Å²) in [4.78, 5) is 4.30. The molecule has 0 aliphatic carbocycles. The van der Waals surface area contributed by atoms with Crippen molar-refractivity contribution in [2.45, 2.75) is 18.6 Å². The van der Waals surface area contributed by atoms with Crippen molar-refractivity contribution in [1.82, 2.24) is 4.98 Å². The summed E-state index contributed by atoms with van der Waals surface area (Å²) in [7, 11) is 1.60. The topological polar surface area (TPSA) is 88.6 Å². The van der Waals surface area contributed by atoms with Crippen molar-refractivity contribution in [3.8, 4) is 5.75 Å². The van der Waals surface area contributed by atoms with E-state index in [0.29, 0.717) is 18.0 Å². The van der Waals surface area contributed by atoms with E-state index in [-0.39, 0.29) is 0 Å².